The van der Waals surface area contributed by atoms with Gasteiger partial charge in [-0.2, -0.15) is 5.10 Å². The molecule has 0 N–H and O–H groups in total. The zero-order valence-electron chi connectivity index (χ0n) is 15.4. The van der Waals surface area contributed by atoms with Crippen molar-refractivity contribution in [1.29, 1.82) is 0 Å². The van der Waals surface area contributed by atoms with Crippen LogP contribution in [-0.2, 0) is 21.1 Å². The van der Waals surface area contributed by atoms with Crippen LogP contribution in [0.15, 0.2) is 58.5 Å². The molecule has 2 aromatic carbocycles. The summed E-state index contributed by atoms with van der Waals surface area (Å²) in [5.74, 6) is 0. The second kappa shape index (κ2) is 8.21. The number of hydrogen-bond acceptors (Lipinski definition) is 5. The summed E-state index contributed by atoms with van der Waals surface area (Å²) in [4.78, 5) is 2.59. The molecular formula is C20H22ClN3O3S. The average molecular weight is 420 g/mol. The molecule has 0 spiro atoms. The van der Waals surface area contributed by atoms with Crippen molar-refractivity contribution in [3.05, 3.63) is 53.6 Å². The van der Waals surface area contributed by atoms with E-state index < -0.39 is 9.84 Å². The summed E-state index contributed by atoms with van der Waals surface area (Å²) >= 11 is 6.17. The first-order valence-electron chi connectivity index (χ1n) is 9.32. The van der Waals surface area contributed by atoms with Crippen LogP contribution in [-0.4, -0.2) is 55.9 Å². The fourth-order valence-electron chi connectivity index (χ4n) is 3.47. The van der Waals surface area contributed by atoms with E-state index in [4.69, 9.17) is 16.3 Å². The Labute approximate surface area is 169 Å². The van der Waals surface area contributed by atoms with E-state index in [-0.39, 0.29) is 9.92 Å². The molecule has 0 unspecified atom stereocenters. The highest BCUT2D eigenvalue weighted by atomic mass is 35.5. The highest BCUT2D eigenvalue weighted by Gasteiger charge is 2.25. The molecule has 1 fully saturated rings. The Bertz CT molecular complexity index is 1060. The molecule has 1 saturated heterocycles. The number of rotatable bonds is 6. The van der Waals surface area contributed by atoms with Crippen LogP contribution in [0.3, 0.4) is 0 Å². The van der Waals surface area contributed by atoms with Gasteiger partial charge in [-0.25, -0.2) is 8.42 Å². The van der Waals surface area contributed by atoms with Crippen molar-refractivity contribution >= 4 is 32.3 Å². The molecule has 8 heteroatoms. The summed E-state index contributed by atoms with van der Waals surface area (Å²) < 4.78 is 33.4. The third-order valence-electron chi connectivity index (χ3n) is 4.94. The van der Waals surface area contributed by atoms with E-state index in [2.05, 4.69) is 10.00 Å². The molecule has 28 heavy (non-hydrogen) atoms. The van der Waals surface area contributed by atoms with Crippen molar-refractivity contribution in [2.45, 2.75) is 22.9 Å². The third-order valence-corrected chi connectivity index (χ3v) is 6.87. The monoisotopic (exact) mass is 419 g/mol. The summed E-state index contributed by atoms with van der Waals surface area (Å²) in [6.07, 6.45) is 0.869. The smallest absolute Gasteiger partial charge is 0.226 e. The number of nitrogens with zero attached hydrogens (tertiary/aromatic N) is 3. The zero-order chi connectivity index (χ0) is 19.6. The van der Waals surface area contributed by atoms with Crippen molar-refractivity contribution < 1.29 is 13.2 Å². The van der Waals surface area contributed by atoms with E-state index in [9.17, 15) is 8.42 Å². The maximum Gasteiger partial charge on any atom is 0.226 e. The van der Waals surface area contributed by atoms with Crippen LogP contribution in [0.1, 0.15) is 6.42 Å². The summed E-state index contributed by atoms with van der Waals surface area (Å²) in [6.45, 7) is 4.93. The van der Waals surface area contributed by atoms with Gasteiger partial charge in [0.2, 0.25) is 9.84 Å². The maximum absolute atomic E-state index is 13.1. The van der Waals surface area contributed by atoms with Crippen LogP contribution in [0.25, 0.3) is 10.9 Å². The molecule has 0 aliphatic carbocycles. The van der Waals surface area contributed by atoms with Crippen molar-refractivity contribution in [2.75, 3.05) is 32.8 Å². The second-order valence-corrected chi connectivity index (χ2v) is 9.12. The molecule has 3 aromatic rings. The van der Waals surface area contributed by atoms with Gasteiger partial charge in [0, 0.05) is 36.6 Å². The lowest BCUT2D eigenvalue weighted by atomic mass is 10.2. The molecule has 4 rings (SSSR count). The quantitative estimate of drug-likeness (QED) is 0.613. The van der Waals surface area contributed by atoms with Gasteiger partial charge in [0.1, 0.15) is 0 Å². The highest BCUT2D eigenvalue weighted by molar-refractivity contribution is 7.91. The first-order valence-corrected chi connectivity index (χ1v) is 11.2. The number of morpholine rings is 1. The molecule has 0 amide bonds. The first-order chi connectivity index (χ1) is 13.6. The van der Waals surface area contributed by atoms with Crippen molar-refractivity contribution in [3.8, 4) is 0 Å². The van der Waals surface area contributed by atoms with Crippen LogP contribution in [0, 0.1) is 0 Å². The minimum absolute atomic E-state index is 0.0803. The Balaban J connectivity index is 1.65. The summed E-state index contributed by atoms with van der Waals surface area (Å²) in [7, 11) is -3.71. The van der Waals surface area contributed by atoms with Crippen molar-refractivity contribution in [1.82, 2.24) is 14.7 Å². The van der Waals surface area contributed by atoms with E-state index in [1.807, 2.05) is 0 Å². The van der Waals surface area contributed by atoms with Gasteiger partial charge in [-0.1, -0.05) is 29.8 Å². The number of aromatic nitrogens is 2. The van der Waals surface area contributed by atoms with Gasteiger partial charge in [0.05, 0.1) is 23.6 Å². The van der Waals surface area contributed by atoms with Crippen LogP contribution >= 0.6 is 11.6 Å². The third kappa shape index (κ3) is 3.93. The maximum atomic E-state index is 13.1. The second-order valence-electron chi connectivity index (χ2n) is 6.81. The zero-order valence-corrected chi connectivity index (χ0v) is 17.0. The molecule has 2 heterocycles. The predicted octanol–water partition coefficient (Wildman–Crippen LogP) is 3.24. The van der Waals surface area contributed by atoms with Gasteiger partial charge in [-0.3, -0.25) is 9.58 Å². The lowest BCUT2D eigenvalue weighted by Gasteiger charge is -2.26. The summed E-state index contributed by atoms with van der Waals surface area (Å²) in [6, 6.07) is 13.6. The largest absolute Gasteiger partial charge is 0.379 e. The van der Waals surface area contributed by atoms with E-state index in [0.29, 0.717) is 17.0 Å². The number of halogens is 1. The van der Waals surface area contributed by atoms with Gasteiger partial charge < -0.3 is 4.74 Å². The van der Waals surface area contributed by atoms with E-state index in [0.717, 1.165) is 44.8 Å². The van der Waals surface area contributed by atoms with E-state index in [1.165, 1.54) is 0 Å². The Morgan fingerprint density at radius 1 is 1.04 bits per heavy atom. The molecular weight excluding hydrogens is 398 g/mol. The predicted molar refractivity (Wildman–Crippen MR) is 109 cm³/mol. The molecule has 1 aromatic heterocycles. The van der Waals surface area contributed by atoms with Gasteiger partial charge in [0.15, 0.2) is 5.03 Å². The first kappa shape index (κ1) is 19.4. The van der Waals surface area contributed by atoms with E-state index >= 15 is 0 Å². The fourth-order valence-corrected chi connectivity index (χ4v) is 5.04. The van der Waals surface area contributed by atoms with E-state index in [1.54, 1.807) is 53.2 Å². The van der Waals surface area contributed by atoms with Gasteiger partial charge >= 0.3 is 0 Å². The lowest BCUT2D eigenvalue weighted by Crippen LogP contribution is -2.37. The normalized spacial score (nSPS) is 15.9. The molecule has 1 aliphatic heterocycles. The summed E-state index contributed by atoms with van der Waals surface area (Å²) in [5, 5.41) is 5.73. The molecule has 0 bridgehead atoms. The lowest BCUT2D eigenvalue weighted by molar-refractivity contribution is 0.0368. The SMILES string of the molecule is O=S(=O)(c1ccccc1)c1nn(CCCN2CCOCC2)c2cc(Cl)ccc12. The van der Waals surface area contributed by atoms with Gasteiger partial charge in [-0.15, -0.1) is 0 Å². The average Bonchev–Trinajstić information content (AvgIpc) is 3.08. The van der Waals surface area contributed by atoms with Crippen LogP contribution < -0.4 is 0 Å². The van der Waals surface area contributed by atoms with Crippen molar-refractivity contribution in [3.63, 3.8) is 0 Å². The topological polar surface area (TPSA) is 64.4 Å². The molecule has 0 saturated carbocycles. The Hall–Kier alpha value is -1.93. The van der Waals surface area contributed by atoms with Gasteiger partial charge in [0.25, 0.3) is 0 Å². The minimum Gasteiger partial charge on any atom is -0.379 e. The molecule has 0 atom stereocenters. The van der Waals surface area contributed by atoms with Crippen molar-refractivity contribution in [2.24, 2.45) is 0 Å². The summed E-state index contributed by atoms with van der Waals surface area (Å²) in [5.41, 5.74) is 0.740. The molecule has 148 valence electrons. The molecule has 6 nitrogen and oxygen atoms in total. The Kier molecular flexibility index (Phi) is 5.68. The van der Waals surface area contributed by atoms with Gasteiger partial charge in [-0.05, 0) is 36.8 Å². The number of fused-ring (bicyclic) bond motifs is 1. The highest BCUT2D eigenvalue weighted by Crippen LogP contribution is 2.29. The number of ether oxygens (including phenoxy) is 1. The van der Waals surface area contributed by atoms with Crippen LogP contribution in [0.2, 0.25) is 5.02 Å². The van der Waals surface area contributed by atoms with Crippen LogP contribution in [0.4, 0.5) is 0 Å². The standard InChI is InChI=1S/C20H22ClN3O3S/c21-16-7-8-18-19(15-16)24(10-4-9-23-11-13-27-14-12-23)22-20(18)28(25,26)17-5-2-1-3-6-17/h1-3,5-8,15H,4,9-14H2. The number of hydrogen-bond donors (Lipinski definition) is 0. The number of benzene rings is 2. The molecule has 0 radical (unpaired) electrons. The minimum atomic E-state index is -3.71. The number of aryl methyl sites for hydroxylation is 1. The fraction of sp³-hybridized carbons (Fsp3) is 0.350. The molecule has 1 aliphatic rings. The Morgan fingerprint density at radius 3 is 2.54 bits per heavy atom. The number of sulfone groups is 1. The Morgan fingerprint density at radius 2 is 1.79 bits per heavy atom. The van der Waals surface area contributed by atoms with Crippen LogP contribution in [0.5, 0.6) is 0 Å².